The topological polar surface area (TPSA) is 129 Å². The second kappa shape index (κ2) is 11.0. The molecule has 2 aliphatic heterocycles. The number of nitrogens with zero attached hydrogens (tertiary/aromatic N) is 3. The summed E-state index contributed by atoms with van der Waals surface area (Å²) in [7, 11) is 3.23. The van der Waals surface area contributed by atoms with Gasteiger partial charge in [-0.2, -0.15) is 0 Å². The molecule has 2 aromatic heterocycles. The van der Waals surface area contributed by atoms with Gasteiger partial charge in [0.2, 0.25) is 11.8 Å². The molecule has 3 amide bonds. The Morgan fingerprint density at radius 3 is 2.82 bits per heavy atom. The molecule has 5 rings (SSSR count). The molecule has 0 bridgehead atoms. The second-order valence-corrected chi connectivity index (χ2v) is 9.83. The van der Waals surface area contributed by atoms with E-state index in [2.05, 4.69) is 25.6 Å². The van der Waals surface area contributed by atoms with Gasteiger partial charge in [0.05, 0.1) is 13.2 Å². The zero-order valence-electron chi connectivity index (χ0n) is 21.5. The van der Waals surface area contributed by atoms with E-state index in [-0.39, 0.29) is 29.6 Å². The lowest BCUT2D eigenvalue weighted by Crippen LogP contribution is -2.50. The summed E-state index contributed by atoms with van der Waals surface area (Å²) in [5.74, 6) is -0.0389. The van der Waals surface area contributed by atoms with Crippen molar-refractivity contribution in [2.45, 2.75) is 37.3 Å². The minimum absolute atomic E-state index is 0.00147. The van der Waals surface area contributed by atoms with Crippen LogP contribution in [0.4, 0.5) is 0 Å². The largest absolute Gasteiger partial charge is 0.496 e. The third-order valence-electron chi connectivity index (χ3n) is 7.47. The van der Waals surface area contributed by atoms with Gasteiger partial charge in [0.25, 0.3) is 5.91 Å². The number of hydrogen-bond donors (Lipinski definition) is 3. The molecule has 3 aromatic rings. The maximum Gasteiger partial charge on any atom is 0.271 e. The Hall–Kier alpha value is -4.21. The number of aromatic nitrogens is 2. The molecule has 2 aliphatic rings. The van der Waals surface area contributed by atoms with E-state index in [1.807, 2.05) is 30.3 Å². The van der Waals surface area contributed by atoms with Gasteiger partial charge in [0.1, 0.15) is 17.5 Å². The van der Waals surface area contributed by atoms with Crippen molar-refractivity contribution in [3.63, 3.8) is 0 Å². The molecule has 198 valence electrons. The molecule has 0 spiro atoms. The quantitative estimate of drug-likeness (QED) is 0.396. The third-order valence-corrected chi connectivity index (χ3v) is 7.47. The molecule has 3 N–H and O–H groups in total. The average Bonchev–Trinajstić information content (AvgIpc) is 3.67. The summed E-state index contributed by atoms with van der Waals surface area (Å²) in [5.41, 5.74) is 2.21. The molecule has 10 heteroatoms. The van der Waals surface area contributed by atoms with Crippen LogP contribution >= 0.6 is 0 Å². The van der Waals surface area contributed by atoms with Gasteiger partial charge in [-0.05, 0) is 55.2 Å². The number of aromatic amines is 1. The van der Waals surface area contributed by atoms with E-state index >= 15 is 0 Å². The van der Waals surface area contributed by atoms with Crippen molar-refractivity contribution in [3.05, 3.63) is 60.0 Å². The maximum atomic E-state index is 13.8. The first-order valence-corrected chi connectivity index (χ1v) is 12.9. The highest BCUT2D eigenvalue weighted by Crippen LogP contribution is 2.34. The van der Waals surface area contributed by atoms with Gasteiger partial charge >= 0.3 is 0 Å². The number of amides is 3. The van der Waals surface area contributed by atoms with Crippen LogP contribution in [0.1, 0.15) is 41.2 Å². The molecule has 38 heavy (non-hydrogen) atoms. The first-order chi connectivity index (χ1) is 18.5. The summed E-state index contributed by atoms with van der Waals surface area (Å²) >= 11 is 0. The molecule has 2 saturated heterocycles. The number of carbonyl (C=O) groups is 3. The fraction of sp³-hybridized carbons (Fsp3) is 0.393. The van der Waals surface area contributed by atoms with E-state index < -0.39 is 12.1 Å². The monoisotopic (exact) mass is 516 g/mol. The number of H-pyrrole nitrogens is 1. The number of hydrogen-bond acceptors (Lipinski definition) is 6. The summed E-state index contributed by atoms with van der Waals surface area (Å²) in [6.45, 7) is 1.03. The Labute approximate surface area is 220 Å². The number of methoxy groups -OCH3 is 1. The number of rotatable bonds is 8. The van der Waals surface area contributed by atoms with Crippen LogP contribution in [-0.2, 0) is 9.59 Å². The Balaban J connectivity index is 1.41. The van der Waals surface area contributed by atoms with Gasteiger partial charge in [-0.3, -0.25) is 24.4 Å². The molecule has 1 aromatic carbocycles. The lowest BCUT2D eigenvalue weighted by atomic mass is 9.96. The van der Waals surface area contributed by atoms with Crippen LogP contribution in [0.25, 0.3) is 10.9 Å². The van der Waals surface area contributed by atoms with Gasteiger partial charge in [-0.25, -0.2) is 0 Å². The third kappa shape index (κ3) is 5.11. The lowest BCUT2D eigenvalue weighted by Gasteiger charge is -2.25. The zero-order chi connectivity index (χ0) is 26.6. The number of aliphatic imine (C=N–C) groups is 1. The lowest BCUT2D eigenvalue weighted by molar-refractivity contribution is -0.126. The molecular formula is C28H32N6O4. The van der Waals surface area contributed by atoms with E-state index in [0.29, 0.717) is 37.4 Å². The van der Waals surface area contributed by atoms with Crippen molar-refractivity contribution in [2.24, 2.45) is 10.9 Å². The predicted molar refractivity (Wildman–Crippen MR) is 143 cm³/mol. The molecule has 0 aliphatic carbocycles. The van der Waals surface area contributed by atoms with Crippen LogP contribution in [0, 0.1) is 5.92 Å². The zero-order valence-corrected chi connectivity index (χ0v) is 21.5. The highest BCUT2D eigenvalue weighted by atomic mass is 16.5. The SMILES string of the molecule is CN=CC(CC1CCNC1=O)NC(=O)C1CC(c2ccncc2)CN1C(=O)c1cc2c(OC)cccc2[nH]1. The highest BCUT2D eigenvalue weighted by Gasteiger charge is 2.41. The van der Waals surface area contributed by atoms with Gasteiger partial charge in [0, 0.05) is 61.5 Å². The first kappa shape index (κ1) is 25.4. The Kier molecular flexibility index (Phi) is 7.39. The Morgan fingerprint density at radius 1 is 1.29 bits per heavy atom. The average molecular weight is 517 g/mol. The number of likely N-dealkylation sites (tertiary alicyclic amines) is 1. The van der Waals surface area contributed by atoms with Crippen LogP contribution in [0.2, 0.25) is 0 Å². The summed E-state index contributed by atoms with van der Waals surface area (Å²) in [5, 5.41) is 6.70. The molecule has 10 nitrogen and oxygen atoms in total. The fourth-order valence-corrected chi connectivity index (χ4v) is 5.55. The molecule has 4 unspecified atom stereocenters. The first-order valence-electron chi connectivity index (χ1n) is 12.9. The predicted octanol–water partition coefficient (Wildman–Crippen LogP) is 2.28. The number of carbonyl (C=O) groups excluding carboxylic acids is 3. The van der Waals surface area contributed by atoms with Gasteiger partial charge in [-0.15, -0.1) is 0 Å². The Morgan fingerprint density at radius 2 is 2.11 bits per heavy atom. The smallest absolute Gasteiger partial charge is 0.271 e. The van der Waals surface area contributed by atoms with Crippen molar-refractivity contribution in [3.8, 4) is 5.75 Å². The van der Waals surface area contributed by atoms with Gasteiger partial charge in [-0.1, -0.05) is 6.07 Å². The van der Waals surface area contributed by atoms with E-state index in [1.54, 1.807) is 43.7 Å². The molecular weight excluding hydrogens is 484 g/mol. The van der Waals surface area contributed by atoms with Crippen molar-refractivity contribution >= 4 is 34.8 Å². The van der Waals surface area contributed by atoms with E-state index in [9.17, 15) is 14.4 Å². The Bertz CT molecular complexity index is 1350. The standard InChI is InChI=1S/C28H32N6O4/c1-29-15-20(12-18-8-11-31-26(18)35)32-27(36)24-13-19(17-6-9-30-10-7-17)16-34(24)28(37)23-14-21-22(33-23)4-3-5-25(21)38-2/h3-7,9-10,14-15,18-20,24,33H,8,11-13,16H2,1-2H3,(H,31,35)(H,32,36). The van der Waals surface area contributed by atoms with Crippen LogP contribution in [0.3, 0.4) is 0 Å². The molecule has 4 heterocycles. The number of nitrogens with one attached hydrogen (secondary N) is 3. The fourth-order valence-electron chi connectivity index (χ4n) is 5.55. The highest BCUT2D eigenvalue weighted by molar-refractivity contribution is 6.02. The summed E-state index contributed by atoms with van der Waals surface area (Å²) < 4.78 is 5.45. The number of ether oxygens (including phenoxy) is 1. The van der Waals surface area contributed by atoms with Gasteiger partial charge < -0.3 is 25.3 Å². The summed E-state index contributed by atoms with van der Waals surface area (Å²) in [6.07, 6.45) is 6.77. The van der Waals surface area contributed by atoms with Crippen LogP contribution in [0.15, 0.2) is 53.8 Å². The second-order valence-electron chi connectivity index (χ2n) is 9.83. The van der Waals surface area contributed by atoms with Crippen LogP contribution < -0.4 is 15.4 Å². The molecule has 2 fully saturated rings. The summed E-state index contributed by atoms with van der Waals surface area (Å²) in [4.78, 5) is 52.7. The minimum Gasteiger partial charge on any atom is -0.496 e. The van der Waals surface area contributed by atoms with E-state index in [0.717, 1.165) is 22.9 Å². The minimum atomic E-state index is -0.681. The normalized spacial score (nSPS) is 22.1. The molecule has 0 saturated carbocycles. The number of benzene rings is 1. The van der Waals surface area contributed by atoms with Crippen LogP contribution in [0.5, 0.6) is 5.75 Å². The van der Waals surface area contributed by atoms with E-state index in [1.165, 1.54) is 0 Å². The molecule has 0 radical (unpaired) electrons. The molecule has 4 atom stereocenters. The summed E-state index contributed by atoms with van der Waals surface area (Å²) in [6, 6.07) is 10.1. The van der Waals surface area contributed by atoms with E-state index in [4.69, 9.17) is 4.74 Å². The van der Waals surface area contributed by atoms with Crippen molar-refractivity contribution in [1.82, 2.24) is 25.5 Å². The van der Waals surface area contributed by atoms with Crippen molar-refractivity contribution in [2.75, 3.05) is 27.2 Å². The number of pyridine rings is 1. The van der Waals surface area contributed by atoms with Crippen LogP contribution in [-0.4, -0.2) is 78.1 Å². The maximum absolute atomic E-state index is 13.8. The van der Waals surface area contributed by atoms with Crippen molar-refractivity contribution in [1.29, 1.82) is 0 Å². The van der Waals surface area contributed by atoms with Gasteiger partial charge in [0.15, 0.2) is 0 Å². The van der Waals surface area contributed by atoms with Crippen molar-refractivity contribution < 1.29 is 19.1 Å². The number of fused-ring (bicyclic) bond motifs is 1.